The Balaban J connectivity index is 1.54. The molecule has 2 aromatic rings. The molecule has 2 amide bonds. The van der Waals surface area contributed by atoms with E-state index in [9.17, 15) is 14.4 Å². The van der Waals surface area contributed by atoms with E-state index in [1.165, 1.54) is 7.11 Å². The quantitative estimate of drug-likeness (QED) is 0.672. The van der Waals surface area contributed by atoms with Crippen LogP contribution in [0.2, 0.25) is 0 Å². The molecule has 0 spiro atoms. The summed E-state index contributed by atoms with van der Waals surface area (Å²) in [6.45, 7) is 0.571. The molecule has 7 nitrogen and oxygen atoms in total. The van der Waals surface area contributed by atoms with E-state index in [4.69, 9.17) is 9.47 Å². The lowest BCUT2D eigenvalue weighted by Crippen LogP contribution is -2.46. The topological polar surface area (TPSA) is 84.9 Å². The van der Waals surface area contributed by atoms with Crippen LogP contribution in [0.25, 0.3) is 10.8 Å². The molecule has 1 N–H and O–H groups in total. The van der Waals surface area contributed by atoms with Crippen LogP contribution in [0.3, 0.4) is 0 Å². The van der Waals surface area contributed by atoms with Gasteiger partial charge < -0.3 is 19.7 Å². The molecule has 2 saturated heterocycles. The summed E-state index contributed by atoms with van der Waals surface area (Å²) < 4.78 is 10.4. The monoisotopic (exact) mass is 438 g/mol. The number of esters is 1. The van der Waals surface area contributed by atoms with Crippen LogP contribution >= 0.6 is 0 Å². The van der Waals surface area contributed by atoms with Crippen LogP contribution in [0.1, 0.15) is 44.1 Å². The number of amides is 2. The number of fused-ring (bicyclic) bond motifs is 1. The Bertz CT molecular complexity index is 1040. The zero-order valence-electron chi connectivity index (χ0n) is 18.7. The second-order valence-electron chi connectivity index (χ2n) is 8.75. The standard InChI is InChI=1S/C25H30N2O5/c1-31-21-10-9-17(18-6-3-4-7-19(18)21)16-25(13-11-22(28)26-25)14-12-23(29)27-15-5-8-20(27)24(30)32-2/h3-4,6-7,9-10,20H,5,8,11-16H2,1-2H3,(H,26,28)/t20-,25?/m0/s1. The smallest absolute Gasteiger partial charge is 0.328 e. The van der Waals surface area contributed by atoms with Crippen LogP contribution in [0.4, 0.5) is 0 Å². The van der Waals surface area contributed by atoms with E-state index in [1.54, 1.807) is 12.0 Å². The van der Waals surface area contributed by atoms with Gasteiger partial charge in [-0.2, -0.15) is 0 Å². The second-order valence-corrected chi connectivity index (χ2v) is 8.75. The predicted octanol–water partition coefficient (Wildman–Crippen LogP) is 2.98. The Morgan fingerprint density at radius 3 is 2.62 bits per heavy atom. The number of likely N-dealkylation sites (tertiary alicyclic amines) is 1. The van der Waals surface area contributed by atoms with Gasteiger partial charge in [-0.25, -0.2) is 4.79 Å². The molecule has 4 rings (SSSR count). The number of carbonyl (C=O) groups is 3. The minimum atomic E-state index is -0.493. The number of benzene rings is 2. The van der Waals surface area contributed by atoms with E-state index >= 15 is 0 Å². The summed E-state index contributed by atoms with van der Waals surface area (Å²) in [6, 6.07) is 11.6. The summed E-state index contributed by atoms with van der Waals surface area (Å²) in [5, 5.41) is 5.28. The first kappa shape index (κ1) is 22.1. The molecular weight excluding hydrogens is 408 g/mol. The van der Waals surface area contributed by atoms with Gasteiger partial charge >= 0.3 is 5.97 Å². The predicted molar refractivity (Wildman–Crippen MR) is 120 cm³/mol. The van der Waals surface area contributed by atoms with Crippen molar-refractivity contribution in [3.63, 3.8) is 0 Å². The van der Waals surface area contributed by atoms with Gasteiger partial charge in [0.05, 0.1) is 14.2 Å². The van der Waals surface area contributed by atoms with Crippen LogP contribution in [0.15, 0.2) is 36.4 Å². The lowest BCUT2D eigenvalue weighted by Gasteiger charge is -2.31. The third kappa shape index (κ3) is 4.29. The fraction of sp³-hybridized carbons (Fsp3) is 0.480. The summed E-state index contributed by atoms with van der Waals surface area (Å²) in [5.74, 6) is 0.415. The average Bonchev–Trinajstić information content (AvgIpc) is 3.45. The summed E-state index contributed by atoms with van der Waals surface area (Å²) in [5.41, 5.74) is 0.634. The fourth-order valence-corrected chi connectivity index (χ4v) is 5.15. The molecule has 2 heterocycles. The van der Waals surface area contributed by atoms with Gasteiger partial charge in [-0.05, 0) is 49.1 Å². The minimum Gasteiger partial charge on any atom is -0.496 e. The molecule has 170 valence electrons. The molecule has 0 bridgehead atoms. The maximum absolute atomic E-state index is 13.0. The molecular formula is C25H30N2O5. The third-order valence-corrected chi connectivity index (χ3v) is 6.82. The van der Waals surface area contributed by atoms with Crippen molar-refractivity contribution in [3.05, 3.63) is 42.0 Å². The van der Waals surface area contributed by atoms with Gasteiger partial charge in [-0.15, -0.1) is 0 Å². The molecule has 2 aromatic carbocycles. The minimum absolute atomic E-state index is 0.0175. The van der Waals surface area contributed by atoms with Gasteiger partial charge in [0.2, 0.25) is 11.8 Å². The highest BCUT2D eigenvalue weighted by atomic mass is 16.5. The van der Waals surface area contributed by atoms with Crippen molar-refractivity contribution < 1.29 is 23.9 Å². The van der Waals surface area contributed by atoms with Crippen LogP contribution in [-0.4, -0.2) is 55.0 Å². The number of ether oxygens (including phenoxy) is 2. The Morgan fingerprint density at radius 2 is 1.94 bits per heavy atom. The largest absolute Gasteiger partial charge is 0.496 e. The molecule has 2 aliphatic heterocycles. The number of hydrogen-bond donors (Lipinski definition) is 1. The van der Waals surface area contributed by atoms with Crippen LogP contribution in [0, 0.1) is 0 Å². The molecule has 0 saturated carbocycles. The van der Waals surface area contributed by atoms with E-state index in [2.05, 4.69) is 11.4 Å². The van der Waals surface area contributed by atoms with Crippen molar-refractivity contribution in [2.45, 2.75) is 56.5 Å². The molecule has 2 atom stereocenters. The number of methoxy groups -OCH3 is 2. The number of nitrogens with one attached hydrogen (secondary N) is 1. The zero-order chi connectivity index (χ0) is 22.7. The molecule has 0 radical (unpaired) electrons. The van der Waals surface area contributed by atoms with E-state index < -0.39 is 11.6 Å². The zero-order valence-corrected chi connectivity index (χ0v) is 18.7. The Morgan fingerprint density at radius 1 is 1.16 bits per heavy atom. The lowest BCUT2D eigenvalue weighted by atomic mass is 9.83. The molecule has 1 unspecified atom stereocenters. The lowest BCUT2D eigenvalue weighted by molar-refractivity contribution is -0.151. The van der Waals surface area contributed by atoms with E-state index in [0.29, 0.717) is 38.6 Å². The first-order valence-corrected chi connectivity index (χ1v) is 11.2. The van der Waals surface area contributed by atoms with Crippen molar-refractivity contribution in [2.24, 2.45) is 0 Å². The molecule has 7 heteroatoms. The first-order valence-electron chi connectivity index (χ1n) is 11.2. The van der Waals surface area contributed by atoms with Gasteiger partial charge in [0.25, 0.3) is 0 Å². The molecule has 0 aliphatic carbocycles. The Hall–Kier alpha value is -3.09. The van der Waals surface area contributed by atoms with Gasteiger partial charge in [0.15, 0.2) is 0 Å². The van der Waals surface area contributed by atoms with Crippen LogP contribution in [-0.2, 0) is 25.5 Å². The third-order valence-electron chi connectivity index (χ3n) is 6.82. The molecule has 0 aromatic heterocycles. The molecule has 2 aliphatic rings. The van der Waals surface area contributed by atoms with Crippen molar-refractivity contribution in [2.75, 3.05) is 20.8 Å². The van der Waals surface area contributed by atoms with Crippen LogP contribution < -0.4 is 10.1 Å². The summed E-state index contributed by atoms with van der Waals surface area (Å²) in [4.78, 5) is 38.9. The van der Waals surface area contributed by atoms with E-state index in [0.717, 1.165) is 28.5 Å². The maximum atomic E-state index is 13.0. The van der Waals surface area contributed by atoms with Gasteiger partial charge in [0.1, 0.15) is 11.8 Å². The summed E-state index contributed by atoms with van der Waals surface area (Å²) in [6.07, 6.45) is 4.02. The van der Waals surface area contributed by atoms with Gasteiger partial charge in [0, 0.05) is 30.3 Å². The number of hydrogen-bond acceptors (Lipinski definition) is 5. The van der Waals surface area contributed by atoms with Crippen molar-refractivity contribution in [1.82, 2.24) is 10.2 Å². The highest BCUT2D eigenvalue weighted by Gasteiger charge is 2.40. The van der Waals surface area contributed by atoms with E-state index in [-0.39, 0.29) is 24.2 Å². The van der Waals surface area contributed by atoms with Gasteiger partial charge in [-0.1, -0.05) is 30.3 Å². The SMILES string of the molecule is COC(=O)[C@@H]1CCCN1C(=O)CCC1(Cc2ccc(OC)c3ccccc23)CCC(=O)N1. The normalized spacial score (nSPS) is 22.8. The Kier molecular flexibility index (Phi) is 6.35. The van der Waals surface area contributed by atoms with Crippen molar-refractivity contribution >= 4 is 28.6 Å². The highest BCUT2D eigenvalue weighted by molar-refractivity contribution is 5.91. The van der Waals surface area contributed by atoms with Crippen molar-refractivity contribution in [1.29, 1.82) is 0 Å². The highest BCUT2D eigenvalue weighted by Crippen LogP contribution is 2.35. The average molecular weight is 439 g/mol. The van der Waals surface area contributed by atoms with Gasteiger partial charge in [-0.3, -0.25) is 9.59 Å². The summed E-state index contributed by atoms with van der Waals surface area (Å²) >= 11 is 0. The maximum Gasteiger partial charge on any atom is 0.328 e. The van der Waals surface area contributed by atoms with E-state index in [1.807, 2.05) is 30.3 Å². The number of nitrogens with zero attached hydrogens (tertiary/aromatic N) is 1. The summed E-state index contributed by atoms with van der Waals surface area (Å²) in [7, 11) is 3.01. The Labute approximate surface area is 188 Å². The second kappa shape index (κ2) is 9.18. The molecule has 2 fully saturated rings. The number of carbonyl (C=O) groups excluding carboxylic acids is 3. The van der Waals surface area contributed by atoms with Crippen LogP contribution in [0.5, 0.6) is 5.75 Å². The number of rotatable bonds is 7. The van der Waals surface area contributed by atoms with Crippen molar-refractivity contribution in [3.8, 4) is 5.75 Å². The molecule has 32 heavy (non-hydrogen) atoms. The first-order chi connectivity index (χ1) is 15.5. The fourth-order valence-electron chi connectivity index (χ4n) is 5.15.